The van der Waals surface area contributed by atoms with E-state index in [0.717, 1.165) is 0 Å². The van der Waals surface area contributed by atoms with Crippen molar-refractivity contribution in [3.8, 4) is 0 Å². The summed E-state index contributed by atoms with van der Waals surface area (Å²) in [6, 6.07) is 7.89. The lowest BCUT2D eigenvalue weighted by molar-refractivity contribution is -0.157. The minimum absolute atomic E-state index is 0.0106. The van der Waals surface area contributed by atoms with Crippen molar-refractivity contribution in [2.24, 2.45) is 0 Å². The molecule has 2 aromatic rings. The highest BCUT2D eigenvalue weighted by Crippen LogP contribution is 2.33. The van der Waals surface area contributed by atoms with Crippen LogP contribution in [-0.2, 0) is 16.2 Å². The van der Waals surface area contributed by atoms with E-state index in [2.05, 4.69) is 14.6 Å². The van der Waals surface area contributed by atoms with Crippen molar-refractivity contribution in [3.63, 3.8) is 0 Å². The number of piperidine rings is 1. The molecule has 1 saturated heterocycles. The third-order valence-corrected chi connectivity index (χ3v) is 5.68. The van der Waals surface area contributed by atoms with Crippen molar-refractivity contribution in [1.82, 2.24) is 14.5 Å². The van der Waals surface area contributed by atoms with E-state index in [-0.39, 0.29) is 17.3 Å². The third kappa shape index (κ3) is 3.29. The second kappa shape index (κ2) is 6.17. The Morgan fingerprint density at radius 3 is 2.50 bits per heavy atom. The normalized spacial score (nSPS) is 20.2. The average molecular weight is 361 g/mol. The minimum atomic E-state index is -4.71. The van der Waals surface area contributed by atoms with E-state index >= 15 is 0 Å². The fourth-order valence-corrected chi connectivity index (χ4v) is 4.16. The quantitative estimate of drug-likeness (QED) is 0.840. The molecule has 6 nitrogen and oxygen atoms in total. The highest BCUT2D eigenvalue weighted by atomic mass is 32.2. The maximum absolute atomic E-state index is 12.6. The number of alkyl halides is 3. The summed E-state index contributed by atoms with van der Waals surface area (Å²) in [6.07, 6.45) is -3.73. The SMILES string of the molecule is O=S(=O)(c1ccccc1)N1CCCC(c2nnc(C(F)(F)F)o2)C1. The van der Waals surface area contributed by atoms with Crippen molar-refractivity contribution in [2.45, 2.75) is 29.8 Å². The molecule has 0 amide bonds. The first-order valence-corrected chi connectivity index (χ1v) is 8.68. The Bertz CT molecular complexity index is 805. The van der Waals surface area contributed by atoms with Gasteiger partial charge in [-0.2, -0.15) is 17.5 Å². The molecule has 1 fully saturated rings. The van der Waals surface area contributed by atoms with Gasteiger partial charge in [-0.1, -0.05) is 18.2 Å². The van der Waals surface area contributed by atoms with Crippen molar-refractivity contribution < 1.29 is 26.0 Å². The zero-order chi connectivity index (χ0) is 17.4. The summed E-state index contributed by atoms with van der Waals surface area (Å²) in [5.74, 6) is -2.16. The second-order valence-electron chi connectivity index (χ2n) is 5.46. The number of benzene rings is 1. The van der Waals surface area contributed by atoms with Crippen LogP contribution in [0.15, 0.2) is 39.6 Å². The van der Waals surface area contributed by atoms with Gasteiger partial charge in [0.25, 0.3) is 0 Å². The van der Waals surface area contributed by atoms with E-state index in [1.165, 1.54) is 16.4 Å². The molecule has 0 saturated carbocycles. The minimum Gasteiger partial charge on any atom is -0.417 e. The van der Waals surface area contributed by atoms with Crippen LogP contribution in [0.3, 0.4) is 0 Å². The molecule has 0 spiro atoms. The van der Waals surface area contributed by atoms with Crippen LogP contribution in [0.2, 0.25) is 0 Å². The zero-order valence-electron chi connectivity index (χ0n) is 12.4. The third-order valence-electron chi connectivity index (χ3n) is 3.80. The number of hydrogen-bond donors (Lipinski definition) is 0. The molecule has 3 rings (SSSR count). The molecule has 1 aliphatic heterocycles. The van der Waals surface area contributed by atoms with Crippen LogP contribution >= 0.6 is 0 Å². The van der Waals surface area contributed by atoms with Gasteiger partial charge in [0.15, 0.2) is 0 Å². The van der Waals surface area contributed by atoms with Crippen molar-refractivity contribution >= 4 is 10.0 Å². The smallest absolute Gasteiger partial charge is 0.417 e. The lowest BCUT2D eigenvalue weighted by atomic mass is 10.00. The van der Waals surface area contributed by atoms with Gasteiger partial charge in [0.2, 0.25) is 15.9 Å². The summed E-state index contributed by atoms with van der Waals surface area (Å²) in [5.41, 5.74) is 0. The molecule has 0 aliphatic carbocycles. The number of hydrogen-bond acceptors (Lipinski definition) is 5. The molecule has 130 valence electrons. The van der Waals surface area contributed by atoms with Gasteiger partial charge in [0.05, 0.1) is 10.8 Å². The Morgan fingerprint density at radius 1 is 1.17 bits per heavy atom. The molecule has 1 aliphatic rings. The van der Waals surface area contributed by atoms with E-state index in [1.807, 2.05) is 0 Å². The summed E-state index contributed by atoms with van der Waals surface area (Å²) in [7, 11) is -3.70. The molecular weight excluding hydrogens is 347 g/mol. The predicted molar refractivity (Wildman–Crippen MR) is 76.5 cm³/mol. The summed E-state index contributed by atoms with van der Waals surface area (Å²) in [4.78, 5) is 0.146. The number of rotatable bonds is 3. The summed E-state index contributed by atoms with van der Waals surface area (Å²) in [6.45, 7) is 0.310. The Hall–Kier alpha value is -1.94. The molecular formula is C14H14F3N3O3S. The van der Waals surface area contributed by atoms with Gasteiger partial charge in [-0.25, -0.2) is 8.42 Å². The van der Waals surface area contributed by atoms with E-state index in [0.29, 0.717) is 19.4 Å². The molecule has 0 bridgehead atoms. The van der Waals surface area contributed by atoms with Crippen LogP contribution in [0.5, 0.6) is 0 Å². The van der Waals surface area contributed by atoms with Crippen LogP contribution in [0.1, 0.15) is 30.5 Å². The molecule has 0 N–H and O–H groups in total. The Balaban J connectivity index is 1.81. The number of aromatic nitrogens is 2. The topological polar surface area (TPSA) is 76.3 Å². The monoisotopic (exact) mass is 361 g/mol. The fourth-order valence-electron chi connectivity index (χ4n) is 2.62. The number of nitrogens with zero attached hydrogens (tertiary/aromatic N) is 3. The van der Waals surface area contributed by atoms with Crippen molar-refractivity contribution in [2.75, 3.05) is 13.1 Å². The maximum atomic E-state index is 12.6. The largest absolute Gasteiger partial charge is 0.470 e. The lowest BCUT2D eigenvalue weighted by Crippen LogP contribution is -2.39. The van der Waals surface area contributed by atoms with Crippen LogP contribution in [0.25, 0.3) is 0 Å². The Labute approximate surface area is 136 Å². The fraction of sp³-hybridized carbons (Fsp3) is 0.429. The highest BCUT2D eigenvalue weighted by Gasteiger charge is 2.40. The lowest BCUT2D eigenvalue weighted by Gasteiger charge is -2.30. The summed E-state index contributed by atoms with van der Waals surface area (Å²) >= 11 is 0. The molecule has 1 aromatic heterocycles. The first-order valence-electron chi connectivity index (χ1n) is 7.24. The average Bonchev–Trinajstić information content (AvgIpc) is 3.06. The first-order chi connectivity index (χ1) is 11.3. The van der Waals surface area contributed by atoms with E-state index in [1.54, 1.807) is 18.2 Å². The molecule has 1 aromatic carbocycles. The molecule has 1 atom stereocenters. The predicted octanol–water partition coefficient (Wildman–Crippen LogP) is 2.66. The summed E-state index contributed by atoms with van der Waals surface area (Å²) in [5, 5.41) is 6.44. The molecule has 2 heterocycles. The molecule has 0 radical (unpaired) electrons. The van der Waals surface area contributed by atoms with Gasteiger partial charge in [0.1, 0.15) is 0 Å². The Morgan fingerprint density at radius 2 is 1.88 bits per heavy atom. The van der Waals surface area contributed by atoms with Gasteiger partial charge in [-0.15, -0.1) is 10.2 Å². The molecule has 10 heteroatoms. The zero-order valence-corrected chi connectivity index (χ0v) is 13.2. The van der Waals surface area contributed by atoms with E-state index in [9.17, 15) is 21.6 Å². The standard InChI is InChI=1S/C14H14F3N3O3S/c15-14(16,17)13-19-18-12(23-13)10-5-4-8-20(9-10)24(21,22)11-6-2-1-3-7-11/h1-3,6-7,10H,4-5,8-9H2. The maximum Gasteiger partial charge on any atom is 0.470 e. The highest BCUT2D eigenvalue weighted by molar-refractivity contribution is 7.89. The van der Waals surface area contributed by atoms with Crippen LogP contribution in [0, 0.1) is 0 Å². The van der Waals surface area contributed by atoms with Crippen molar-refractivity contribution in [3.05, 3.63) is 42.1 Å². The van der Waals surface area contributed by atoms with Crippen LogP contribution < -0.4 is 0 Å². The molecule has 1 unspecified atom stereocenters. The van der Waals surface area contributed by atoms with Crippen LogP contribution in [0.4, 0.5) is 13.2 Å². The van der Waals surface area contributed by atoms with E-state index in [4.69, 9.17) is 0 Å². The number of halogens is 3. The van der Waals surface area contributed by atoms with Gasteiger partial charge < -0.3 is 4.42 Å². The second-order valence-corrected chi connectivity index (χ2v) is 7.40. The first kappa shape index (κ1) is 16.9. The van der Waals surface area contributed by atoms with E-state index < -0.39 is 28.0 Å². The van der Waals surface area contributed by atoms with Gasteiger partial charge in [0, 0.05) is 13.1 Å². The number of sulfonamides is 1. The van der Waals surface area contributed by atoms with Crippen molar-refractivity contribution in [1.29, 1.82) is 0 Å². The summed E-state index contributed by atoms with van der Waals surface area (Å²) < 4.78 is 68.8. The van der Waals surface area contributed by atoms with Gasteiger partial charge >= 0.3 is 12.1 Å². The molecule has 24 heavy (non-hydrogen) atoms. The van der Waals surface area contributed by atoms with Gasteiger partial charge in [-0.05, 0) is 25.0 Å². The van der Waals surface area contributed by atoms with Gasteiger partial charge in [-0.3, -0.25) is 0 Å². The Kier molecular flexibility index (Phi) is 4.35. The van der Waals surface area contributed by atoms with Crippen LogP contribution in [-0.4, -0.2) is 36.0 Å².